The maximum absolute atomic E-state index is 13.8. The average molecular weight is 848 g/mol. The van der Waals surface area contributed by atoms with E-state index in [1.165, 1.54) is 6.42 Å². The minimum atomic E-state index is -0.765. The molecule has 16 heteroatoms. The van der Waals surface area contributed by atoms with Crippen molar-refractivity contribution in [1.29, 1.82) is 0 Å². The van der Waals surface area contributed by atoms with Crippen LogP contribution in [0.4, 0.5) is 0 Å². The number of H-pyrrole nitrogens is 2. The third-order valence-corrected chi connectivity index (χ3v) is 11.5. The van der Waals surface area contributed by atoms with E-state index in [4.69, 9.17) is 38.6 Å². The lowest BCUT2D eigenvalue weighted by atomic mass is 9.97. The number of hydrogen-bond donors (Lipinski definition) is 2. The number of aromatic amines is 2. The van der Waals surface area contributed by atoms with E-state index in [9.17, 15) is 9.59 Å². The Labute approximate surface area is 358 Å². The first-order valence-electron chi connectivity index (χ1n) is 20.3. The van der Waals surface area contributed by atoms with Crippen molar-refractivity contribution in [2.45, 2.75) is 76.0 Å². The SMILES string of the molecule is C=CCOc1cccc(C(C(=O)N2CCCCCC2)n2cnc3[nH]ncc3c2=S)c1.C=CCOc1cccc(C(C(=O)OC2CCCCC2)n2cnc3[nH]ncc3c2=S)c1. The zero-order chi connectivity index (χ0) is 41.8. The molecule has 60 heavy (non-hydrogen) atoms. The summed E-state index contributed by atoms with van der Waals surface area (Å²) in [7, 11) is 0. The number of amides is 1. The van der Waals surface area contributed by atoms with Gasteiger partial charge in [-0.25, -0.2) is 14.8 Å². The Balaban J connectivity index is 0.000000181. The van der Waals surface area contributed by atoms with Crippen LogP contribution in [0.5, 0.6) is 11.5 Å². The van der Waals surface area contributed by atoms with Gasteiger partial charge >= 0.3 is 5.97 Å². The number of ether oxygens (including phenoxy) is 3. The van der Waals surface area contributed by atoms with Crippen molar-refractivity contribution in [3.63, 3.8) is 0 Å². The Morgan fingerprint density at radius 3 is 1.77 bits per heavy atom. The number of carbonyl (C=O) groups is 2. The highest BCUT2D eigenvalue weighted by Gasteiger charge is 2.31. The lowest BCUT2D eigenvalue weighted by Gasteiger charge is -2.28. The summed E-state index contributed by atoms with van der Waals surface area (Å²) in [6.07, 6.45) is 19.2. The van der Waals surface area contributed by atoms with Gasteiger partial charge in [0.2, 0.25) is 5.91 Å². The number of nitrogens with one attached hydrogen (secondary N) is 2. The topological polar surface area (TPSA) is 158 Å². The van der Waals surface area contributed by atoms with Gasteiger partial charge in [-0.15, -0.1) is 0 Å². The molecule has 1 saturated carbocycles. The fourth-order valence-corrected chi connectivity index (χ4v) is 8.23. The van der Waals surface area contributed by atoms with Gasteiger partial charge in [0.15, 0.2) is 17.3 Å². The van der Waals surface area contributed by atoms with Gasteiger partial charge in [-0.05, 0) is 73.9 Å². The van der Waals surface area contributed by atoms with Crippen molar-refractivity contribution >= 4 is 58.4 Å². The van der Waals surface area contributed by atoms with Crippen LogP contribution in [0.3, 0.4) is 0 Å². The molecular formula is C44H49N9O5S2. The van der Waals surface area contributed by atoms with Crippen molar-refractivity contribution in [2.24, 2.45) is 0 Å². The number of fused-ring (bicyclic) bond motifs is 2. The Bertz CT molecular complexity index is 2550. The quantitative estimate of drug-likeness (QED) is 0.0652. The number of aromatic nitrogens is 8. The Hall–Kier alpha value is -6.00. The van der Waals surface area contributed by atoms with E-state index in [0.29, 0.717) is 50.7 Å². The van der Waals surface area contributed by atoms with E-state index in [-0.39, 0.29) is 18.0 Å². The molecule has 0 spiro atoms. The summed E-state index contributed by atoms with van der Waals surface area (Å²) >= 11 is 11.4. The van der Waals surface area contributed by atoms with Crippen molar-refractivity contribution in [3.05, 3.63) is 119 Å². The van der Waals surface area contributed by atoms with E-state index in [1.807, 2.05) is 53.4 Å². The summed E-state index contributed by atoms with van der Waals surface area (Å²) in [5.74, 6) is 1.01. The number of rotatable bonds is 13. The number of esters is 1. The van der Waals surface area contributed by atoms with Crippen LogP contribution in [-0.2, 0) is 14.3 Å². The van der Waals surface area contributed by atoms with E-state index in [2.05, 4.69) is 43.5 Å². The largest absolute Gasteiger partial charge is 0.490 e. The standard InChI is InChI=1S/C22H25N5O2S.C22H24N4O3S/c1-2-12-29-17-9-7-8-16(13-17)19(21(28)26-10-5-3-4-6-11-26)27-15-23-20-18(22(27)30)14-24-25-20;1-2-11-28-17-10-6-7-15(12-17)19(22(27)29-16-8-4-3-5-9-16)26-14-23-20-18(21(26)30)13-24-25-20/h2,7-9,13-15,19H,1,3-6,10-12H2,(H,24,25);2,6-7,10,12-14,16,19H,1,3-5,8-9,11H2,(H,24,25). The molecule has 0 bridgehead atoms. The highest BCUT2D eigenvalue weighted by atomic mass is 32.1. The van der Waals surface area contributed by atoms with Crippen molar-refractivity contribution in [2.75, 3.05) is 26.3 Å². The minimum Gasteiger partial charge on any atom is -0.490 e. The summed E-state index contributed by atoms with van der Waals surface area (Å²) in [6, 6.07) is 13.6. The zero-order valence-corrected chi connectivity index (χ0v) is 35.0. The van der Waals surface area contributed by atoms with Gasteiger partial charge < -0.3 is 28.2 Å². The van der Waals surface area contributed by atoms with Crippen molar-refractivity contribution in [1.82, 2.24) is 44.4 Å². The summed E-state index contributed by atoms with van der Waals surface area (Å²) in [5, 5.41) is 15.1. The number of nitrogens with zero attached hydrogens (tertiary/aromatic N) is 7. The second-order valence-corrected chi connectivity index (χ2v) is 15.5. The van der Waals surface area contributed by atoms with Crippen molar-refractivity contribution in [3.8, 4) is 11.5 Å². The van der Waals surface area contributed by atoms with Crippen LogP contribution in [0.25, 0.3) is 22.1 Å². The summed E-state index contributed by atoms with van der Waals surface area (Å²) in [5.41, 5.74) is 2.73. The molecule has 2 N–H and O–H groups in total. The fraction of sp³-hybridized carbons (Fsp3) is 0.364. The fourth-order valence-electron chi connectivity index (χ4n) is 7.63. The van der Waals surface area contributed by atoms with Crippen molar-refractivity contribution < 1.29 is 23.8 Å². The molecule has 5 heterocycles. The molecule has 4 aromatic heterocycles. The van der Waals surface area contributed by atoms with E-state index < -0.39 is 12.1 Å². The summed E-state index contributed by atoms with van der Waals surface area (Å²) in [6.45, 7) is 9.67. The van der Waals surface area contributed by atoms with Gasteiger partial charge in [-0.3, -0.25) is 15.0 Å². The zero-order valence-electron chi connectivity index (χ0n) is 33.4. The molecule has 1 aliphatic heterocycles. The van der Waals surface area contributed by atoms with Crippen LogP contribution < -0.4 is 9.47 Å². The first kappa shape index (κ1) is 42.1. The average Bonchev–Trinajstić information content (AvgIpc) is 3.89. The maximum Gasteiger partial charge on any atom is 0.334 e. The monoisotopic (exact) mass is 847 g/mol. The van der Waals surface area contributed by atoms with Gasteiger partial charge in [0, 0.05) is 13.1 Å². The Morgan fingerprint density at radius 1 is 0.733 bits per heavy atom. The highest BCUT2D eigenvalue weighted by Crippen LogP contribution is 2.30. The molecular weight excluding hydrogens is 799 g/mol. The number of carbonyl (C=O) groups excluding carboxylic acids is 2. The molecule has 312 valence electrons. The first-order valence-corrected chi connectivity index (χ1v) is 21.1. The molecule has 2 aliphatic rings. The Kier molecular flexibility index (Phi) is 14.3. The van der Waals surface area contributed by atoms with Gasteiger partial charge in [-0.1, -0.05) is 93.3 Å². The van der Waals surface area contributed by atoms with Gasteiger partial charge in [0.05, 0.1) is 35.8 Å². The molecule has 1 saturated heterocycles. The third-order valence-electron chi connectivity index (χ3n) is 10.6. The lowest BCUT2D eigenvalue weighted by Crippen LogP contribution is -2.38. The van der Waals surface area contributed by atoms with E-state index in [1.54, 1.807) is 46.3 Å². The summed E-state index contributed by atoms with van der Waals surface area (Å²) < 4.78 is 21.7. The van der Waals surface area contributed by atoms with Gasteiger partial charge in [0.1, 0.15) is 46.1 Å². The van der Waals surface area contributed by atoms with Crippen LogP contribution in [-0.4, -0.2) is 88.7 Å². The molecule has 0 radical (unpaired) electrons. The second-order valence-electron chi connectivity index (χ2n) is 14.8. The summed E-state index contributed by atoms with van der Waals surface area (Å²) in [4.78, 5) is 37.9. The van der Waals surface area contributed by atoms with Crippen LogP contribution in [0, 0.1) is 9.28 Å². The molecule has 1 aliphatic carbocycles. The van der Waals surface area contributed by atoms with Gasteiger partial charge in [-0.2, -0.15) is 10.2 Å². The molecule has 6 aromatic rings. The van der Waals surface area contributed by atoms with E-state index >= 15 is 0 Å². The first-order chi connectivity index (χ1) is 29.4. The van der Waals surface area contributed by atoms with Crippen LogP contribution >= 0.6 is 24.4 Å². The maximum atomic E-state index is 13.8. The predicted molar refractivity (Wildman–Crippen MR) is 234 cm³/mol. The number of likely N-dealkylation sites (tertiary alicyclic amines) is 1. The lowest BCUT2D eigenvalue weighted by molar-refractivity contribution is -0.153. The molecule has 2 unspecified atom stereocenters. The second kappa shape index (κ2) is 20.3. The number of hydrogen-bond acceptors (Lipinski definition) is 11. The molecule has 2 fully saturated rings. The molecule has 2 atom stereocenters. The van der Waals surface area contributed by atoms with Crippen LogP contribution in [0.15, 0.2) is 98.9 Å². The van der Waals surface area contributed by atoms with Crippen LogP contribution in [0.2, 0.25) is 0 Å². The molecule has 8 rings (SSSR count). The highest BCUT2D eigenvalue weighted by molar-refractivity contribution is 7.71. The third kappa shape index (κ3) is 9.88. The minimum absolute atomic E-state index is 0.0264. The predicted octanol–water partition coefficient (Wildman–Crippen LogP) is 8.56. The normalized spacial score (nSPS) is 15.6. The van der Waals surface area contributed by atoms with E-state index in [0.717, 1.165) is 81.0 Å². The number of benzene rings is 2. The Morgan fingerprint density at radius 2 is 1.23 bits per heavy atom. The van der Waals surface area contributed by atoms with Gasteiger partial charge in [0.25, 0.3) is 0 Å². The molecule has 2 aromatic carbocycles. The van der Waals surface area contributed by atoms with Crippen LogP contribution in [0.1, 0.15) is 81.0 Å². The smallest absolute Gasteiger partial charge is 0.334 e. The molecule has 1 amide bonds. The molecule has 14 nitrogen and oxygen atoms in total.